The number of halogens is 3. The van der Waals surface area contributed by atoms with Gasteiger partial charge in [-0.2, -0.15) is 13.2 Å². The zero-order valence-electron chi connectivity index (χ0n) is 28.5. The molecule has 4 amide bonds. The van der Waals surface area contributed by atoms with Crippen LogP contribution in [0.1, 0.15) is 62.4 Å². The molecule has 0 aliphatic carbocycles. The number of carboxylic acids is 1. The van der Waals surface area contributed by atoms with Gasteiger partial charge in [0.2, 0.25) is 5.91 Å². The molecule has 2 aromatic rings. The first-order valence-corrected chi connectivity index (χ1v) is 17.1. The third kappa shape index (κ3) is 11.6. The lowest BCUT2D eigenvalue weighted by Gasteiger charge is -2.36. The number of unbranched alkanes of at least 4 members (excludes halogenated alkanes) is 2. The summed E-state index contributed by atoms with van der Waals surface area (Å²) in [4.78, 5) is 71.0. The molecule has 2 N–H and O–H groups in total. The fraction of sp³-hybridized carbons (Fsp3) is 0.543. The van der Waals surface area contributed by atoms with Gasteiger partial charge in [-0.25, -0.2) is 9.78 Å². The summed E-state index contributed by atoms with van der Waals surface area (Å²) >= 11 is 0. The number of alkyl halides is 3. The van der Waals surface area contributed by atoms with Crippen LogP contribution in [0.25, 0.3) is 11.3 Å². The van der Waals surface area contributed by atoms with Crippen LogP contribution in [-0.2, 0) is 19.1 Å². The van der Waals surface area contributed by atoms with Gasteiger partial charge in [-0.05, 0) is 31.6 Å². The number of carbonyl (C=O) groups excluding carboxylic acids is 4. The van der Waals surface area contributed by atoms with Crippen LogP contribution in [0.2, 0.25) is 0 Å². The number of piperidine rings is 1. The number of pyridine rings is 1. The van der Waals surface area contributed by atoms with Gasteiger partial charge in [-0.15, -0.1) is 0 Å². The van der Waals surface area contributed by atoms with Crippen molar-refractivity contribution in [3.8, 4) is 17.0 Å². The van der Waals surface area contributed by atoms with E-state index in [1.165, 1.54) is 15.9 Å². The number of aromatic nitrogens is 1. The number of benzene rings is 1. The predicted molar refractivity (Wildman–Crippen MR) is 178 cm³/mol. The minimum absolute atomic E-state index is 0.0599. The van der Waals surface area contributed by atoms with Crippen molar-refractivity contribution in [1.29, 1.82) is 0 Å². The van der Waals surface area contributed by atoms with Gasteiger partial charge in [0.05, 0.1) is 18.9 Å². The second-order valence-electron chi connectivity index (χ2n) is 12.6. The van der Waals surface area contributed by atoms with E-state index in [0.29, 0.717) is 30.7 Å². The zero-order valence-corrected chi connectivity index (χ0v) is 28.5. The molecular formula is C35H44F3N5O8. The highest BCUT2D eigenvalue weighted by Crippen LogP contribution is 2.27. The lowest BCUT2D eigenvalue weighted by molar-refractivity contribution is -0.186. The number of rotatable bonds is 14. The standard InChI is InChI=1S/C35H44F3N5O8/c1-2-3-7-20-50-34(49)43-18-16-41(17-19-43)32(47)27(10-11-30(44)45)40-31(46)29-22-26(21-28(39-29)25-8-5-4-6-9-25)51-23-24-12-14-42(15-13-24)33(48)35(36,37)38/h4-6,8-9,21-22,24,27H,2-3,7,10-20,23H2,1H3,(H,40,46)(H,44,45)/t27-/m0/s1. The first-order valence-electron chi connectivity index (χ1n) is 17.1. The monoisotopic (exact) mass is 719 g/mol. The highest BCUT2D eigenvalue weighted by atomic mass is 19.4. The quantitative estimate of drug-likeness (QED) is 0.271. The maximum atomic E-state index is 13.7. The predicted octanol–water partition coefficient (Wildman–Crippen LogP) is 4.36. The summed E-state index contributed by atoms with van der Waals surface area (Å²) in [5.41, 5.74) is 0.951. The summed E-state index contributed by atoms with van der Waals surface area (Å²) in [6.45, 7) is 3.14. The van der Waals surface area contributed by atoms with E-state index in [9.17, 15) is 42.3 Å². The smallest absolute Gasteiger partial charge is 0.471 e. The van der Waals surface area contributed by atoms with Crippen molar-refractivity contribution in [2.75, 3.05) is 52.5 Å². The lowest BCUT2D eigenvalue weighted by Crippen LogP contribution is -2.56. The lowest BCUT2D eigenvalue weighted by atomic mass is 9.97. The number of nitrogens with zero attached hydrogens (tertiary/aromatic N) is 4. The van der Waals surface area contributed by atoms with E-state index in [4.69, 9.17) is 9.47 Å². The molecule has 16 heteroatoms. The molecule has 2 fully saturated rings. The van der Waals surface area contributed by atoms with Crippen LogP contribution in [0.15, 0.2) is 42.5 Å². The summed E-state index contributed by atoms with van der Waals surface area (Å²) in [6, 6.07) is 10.7. The van der Waals surface area contributed by atoms with Gasteiger partial charge in [-0.3, -0.25) is 19.2 Å². The highest BCUT2D eigenvalue weighted by molar-refractivity contribution is 5.97. The fourth-order valence-corrected chi connectivity index (χ4v) is 5.85. The zero-order chi connectivity index (χ0) is 37.0. The Hall–Kier alpha value is -4.89. The summed E-state index contributed by atoms with van der Waals surface area (Å²) in [7, 11) is 0. The molecule has 2 aliphatic heterocycles. The van der Waals surface area contributed by atoms with E-state index in [1.807, 2.05) is 13.0 Å². The van der Waals surface area contributed by atoms with Crippen LogP contribution in [0.4, 0.5) is 18.0 Å². The first-order chi connectivity index (χ1) is 24.3. The van der Waals surface area contributed by atoms with Crippen LogP contribution in [0.5, 0.6) is 5.75 Å². The van der Waals surface area contributed by atoms with E-state index < -0.39 is 42.0 Å². The average Bonchev–Trinajstić information content (AvgIpc) is 3.13. The number of piperazine rings is 1. The summed E-state index contributed by atoms with van der Waals surface area (Å²) in [6.07, 6.45) is -2.67. The SMILES string of the molecule is CCCCCOC(=O)N1CCN(C(=O)[C@H](CCC(=O)O)NC(=O)c2cc(OCC3CCN(C(=O)C(F)(F)F)CC3)cc(-c3ccccc3)n2)CC1. The second kappa shape index (κ2) is 18.4. The summed E-state index contributed by atoms with van der Waals surface area (Å²) in [5, 5.41) is 12.0. The average molecular weight is 720 g/mol. The van der Waals surface area contributed by atoms with Crippen molar-refractivity contribution in [2.24, 2.45) is 5.92 Å². The van der Waals surface area contributed by atoms with Gasteiger partial charge in [-0.1, -0.05) is 50.1 Å². The summed E-state index contributed by atoms with van der Waals surface area (Å²) in [5.74, 6) is -4.13. The minimum atomic E-state index is -4.93. The topological polar surface area (TPSA) is 159 Å². The van der Waals surface area contributed by atoms with Crippen molar-refractivity contribution in [1.82, 2.24) is 25.0 Å². The van der Waals surface area contributed by atoms with Gasteiger partial charge >= 0.3 is 24.1 Å². The second-order valence-corrected chi connectivity index (χ2v) is 12.6. The fourth-order valence-electron chi connectivity index (χ4n) is 5.85. The number of ether oxygens (including phenoxy) is 2. The number of carbonyl (C=O) groups is 5. The Kier molecular flexibility index (Phi) is 14.0. The number of nitrogens with one attached hydrogen (secondary N) is 1. The van der Waals surface area contributed by atoms with Gasteiger partial charge < -0.3 is 34.6 Å². The third-order valence-electron chi connectivity index (χ3n) is 8.80. The minimum Gasteiger partial charge on any atom is -0.493 e. The van der Waals surface area contributed by atoms with Crippen LogP contribution in [0, 0.1) is 5.92 Å². The molecule has 1 atom stereocenters. The first kappa shape index (κ1) is 38.9. The molecule has 0 radical (unpaired) electrons. The molecule has 1 aromatic heterocycles. The summed E-state index contributed by atoms with van der Waals surface area (Å²) < 4.78 is 49.9. The molecule has 0 saturated carbocycles. The van der Waals surface area contributed by atoms with Gasteiger partial charge in [0.15, 0.2) is 0 Å². The molecule has 1 aromatic carbocycles. The number of carboxylic acid groups (broad SMARTS) is 1. The molecule has 0 bridgehead atoms. The Balaban J connectivity index is 1.44. The number of hydrogen-bond donors (Lipinski definition) is 2. The Bertz CT molecular complexity index is 1510. The molecule has 51 heavy (non-hydrogen) atoms. The Morgan fingerprint density at radius 1 is 0.941 bits per heavy atom. The molecule has 2 saturated heterocycles. The third-order valence-corrected chi connectivity index (χ3v) is 8.80. The van der Waals surface area contributed by atoms with Crippen molar-refractivity contribution in [3.63, 3.8) is 0 Å². The van der Waals surface area contributed by atoms with Crippen LogP contribution < -0.4 is 10.1 Å². The number of amides is 4. The van der Waals surface area contributed by atoms with Crippen LogP contribution in [0.3, 0.4) is 0 Å². The molecule has 0 spiro atoms. The maximum absolute atomic E-state index is 13.7. The van der Waals surface area contributed by atoms with E-state index >= 15 is 0 Å². The molecule has 13 nitrogen and oxygen atoms in total. The van der Waals surface area contributed by atoms with Crippen molar-refractivity contribution in [2.45, 2.75) is 64.1 Å². The number of aliphatic carboxylic acids is 1. The van der Waals surface area contributed by atoms with Crippen molar-refractivity contribution >= 4 is 29.8 Å². The molecule has 2 aliphatic rings. The highest BCUT2D eigenvalue weighted by Gasteiger charge is 2.43. The maximum Gasteiger partial charge on any atom is 0.471 e. The Labute approximate surface area is 294 Å². The molecule has 4 rings (SSSR count). The van der Waals surface area contributed by atoms with Gasteiger partial charge in [0, 0.05) is 63.4 Å². The van der Waals surface area contributed by atoms with Crippen LogP contribution >= 0.6 is 0 Å². The molecule has 0 unspecified atom stereocenters. The van der Waals surface area contributed by atoms with Gasteiger partial charge in [0.1, 0.15) is 17.5 Å². The molecule has 3 heterocycles. The molecular weight excluding hydrogens is 675 g/mol. The van der Waals surface area contributed by atoms with E-state index in [0.717, 1.165) is 24.2 Å². The van der Waals surface area contributed by atoms with E-state index in [2.05, 4.69) is 10.3 Å². The van der Waals surface area contributed by atoms with E-state index in [-0.39, 0.29) is 76.1 Å². The Morgan fingerprint density at radius 3 is 2.24 bits per heavy atom. The Morgan fingerprint density at radius 2 is 1.61 bits per heavy atom. The van der Waals surface area contributed by atoms with Crippen molar-refractivity contribution in [3.05, 3.63) is 48.2 Å². The molecule has 278 valence electrons. The van der Waals surface area contributed by atoms with E-state index in [1.54, 1.807) is 30.3 Å². The van der Waals surface area contributed by atoms with Crippen molar-refractivity contribution < 1.29 is 51.7 Å². The largest absolute Gasteiger partial charge is 0.493 e. The van der Waals surface area contributed by atoms with Crippen LogP contribution in [-0.4, -0.2) is 119 Å². The van der Waals surface area contributed by atoms with Gasteiger partial charge in [0.25, 0.3) is 5.91 Å². The normalized spacial score (nSPS) is 16.0. The number of hydrogen-bond acceptors (Lipinski definition) is 8. The number of likely N-dealkylation sites (tertiary alicyclic amines) is 1.